The van der Waals surface area contributed by atoms with Gasteiger partial charge in [0.25, 0.3) is 0 Å². The summed E-state index contributed by atoms with van der Waals surface area (Å²) in [5, 5.41) is 0. The molecule has 82 valence electrons. The fraction of sp³-hybridized carbons (Fsp3) is 0.917. The number of rotatable bonds is 0. The van der Waals surface area contributed by atoms with Gasteiger partial charge in [-0.05, 0) is 31.6 Å². The zero-order valence-corrected chi connectivity index (χ0v) is 10.3. The van der Waals surface area contributed by atoms with Crippen molar-refractivity contribution in [3.63, 3.8) is 0 Å². The summed E-state index contributed by atoms with van der Waals surface area (Å²) in [5.74, 6) is 0.836. The van der Waals surface area contributed by atoms with Crippen molar-refractivity contribution in [2.45, 2.75) is 53.5 Å². The van der Waals surface area contributed by atoms with E-state index in [0.717, 1.165) is 13.0 Å². The highest BCUT2D eigenvalue weighted by atomic mass is 16.2. The molecule has 0 N–H and O–H groups in total. The molecule has 0 spiro atoms. The van der Waals surface area contributed by atoms with Gasteiger partial charge < -0.3 is 4.90 Å². The van der Waals surface area contributed by atoms with E-state index in [2.05, 4.69) is 34.6 Å². The van der Waals surface area contributed by atoms with E-state index in [1.165, 1.54) is 0 Å². The summed E-state index contributed by atoms with van der Waals surface area (Å²) in [6, 6.07) is 0. The van der Waals surface area contributed by atoms with Gasteiger partial charge in [0.05, 0.1) is 0 Å². The molecule has 1 fully saturated rings. The second kappa shape index (κ2) is 3.25. The molecule has 2 heteroatoms. The normalized spacial score (nSPS) is 26.7. The Morgan fingerprint density at radius 3 is 2.07 bits per heavy atom. The first-order valence-electron chi connectivity index (χ1n) is 5.43. The molecule has 1 aliphatic rings. The molecule has 1 rings (SSSR count). The quantitative estimate of drug-likeness (QED) is 0.584. The van der Waals surface area contributed by atoms with Crippen LogP contribution in [0.5, 0.6) is 0 Å². The Kier molecular flexibility index (Phi) is 2.68. The maximum Gasteiger partial charge on any atom is 0.219 e. The summed E-state index contributed by atoms with van der Waals surface area (Å²) in [6.07, 6.45) is 1.12. The standard InChI is InChI=1S/C12H23NO/c1-9(14)13-8-10(11(2,3)4)7-12(13,5)6/h10H,7-8H2,1-6H3. The lowest BCUT2D eigenvalue weighted by Crippen LogP contribution is -2.41. The first kappa shape index (κ1) is 11.5. The van der Waals surface area contributed by atoms with Crippen molar-refractivity contribution in [2.75, 3.05) is 6.54 Å². The smallest absolute Gasteiger partial charge is 0.219 e. The van der Waals surface area contributed by atoms with Crippen molar-refractivity contribution in [3.05, 3.63) is 0 Å². The number of nitrogens with zero attached hydrogens (tertiary/aromatic N) is 1. The van der Waals surface area contributed by atoms with Crippen LogP contribution in [-0.4, -0.2) is 22.9 Å². The maximum atomic E-state index is 11.5. The Morgan fingerprint density at radius 1 is 1.36 bits per heavy atom. The summed E-state index contributed by atoms with van der Waals surface area (Å²) >= 11 is 0. The molecular weight excluding hydrogens is 174 g/mol. The van der Waals surface area contributed by atoms with Crippen LogP contribution in [0.2, 0.25) is 0 Å². The molecule has 0 bridgehead atoms. The van der Waals surface area contributed by atoms with Gasteiger partial charge in [-0.15, -0.1) is 0 Å². The lowest BCUT2D eigenvalue weighted by molar-refractivity contribution is -0.132. The van der Waals surface area contributed by atoms with Crippen molar-refractivity contribution in [2.24, 2.45) is 11.3 Å². The van der Waals surface area contributed by atoms with Crippen LogP contribution >= 0.6 is 0 Å². The molecule has 1 amide bonds. The molecule has 0 aliphatic carbocycles. The van der Waals surface area contributed by atoms with E-state index in [-0.39, 0.29) is 11.4 Å². The van der Waals surface area contributed by atoms with E-state index in [4.69, 9.17) is 0 Å². The van der Waals surface area contributed by atoms with Gasteiger partial charge in [0.2, 0.25) is 5.91 Å². The lowest BCUT2D eigenvalue weighted by Gasteiger charge is -2.30. The summed E-state index contributed by atoms with van der Waals surface area (Å²) in [7, 11) is 0. The molecule has 0 aromatic heterocycles. The molecule has 0 radical (unpaired) electrons. The lowest BCUT2D eigenvalue weighted by atomic mass is 9.78. The van der Waals surface area contributed by atoms with E-state index in [1.54, 1.807) is 6.92 Å². The van der Waals surface area contributed by atoms with Gasteiger partial charge >= 0.3 is 0 Å². The third kappa shape index (κ3) is 2.10. The van der Waals surface area contributed by atoms with E-state index in [1.807, 2.05) is 4.90 Å². The van der Waals surface area contributed by atoms with Crippen LogP contribution in [0.25, 0.3) is 0 Å². The maximum absolute atomic E-state index is 11.5. The van der Waals surface area contributed by atoms with Gasteiger partial charge in [-0.3, -0.25) is 4.79 Å². The number of likely N-dealkylation sites (tertiary alicyclic amines) is 1. The highest BCUT2D eigenvalue weighted by molar-refractivity contribution is 5.74. The summed E-state index contributed by atoms with van der Waals surface area (Å²) < 4.78 is 0. The Labute approximate surface area is 87.7 Å². The second-order valence-corrected chi connectivity index (χ2v) is 6.21. The van der Waals surface area contributed by atoms with Gasteiger partial charge in [-0.25, -0.2) is 0 Å². The van der Waals surface area contributed by atoms with Crippen LogP contribution in [-0.2, 0) is 4.79 Å². The van der Waals surface area contributed by atoms with Crippen LogP contribution in [0.4, 0.5) is 0 Å². The van der Waals surface area contributed by atoms with Crippen molar-refractivity contribution in [1.82, 2.24) is 4.90 Å². The van der Waals surface area contributed by atoms with E-state index >= 15 is 0 Å². The molecule has 0 saturated carbocycles. The molecule has 1 unspecified atom stereocenters. The SMILES string of the molecule is CC(=O)N1CC(C(C)(C)C)CC1(C)C. The first-order valence-corrected chi connectivity index (χ1v) is 5.43. The minimum atomic E-state index is 0.0454. The minimum absolute atomic E-state index is 0.0454. The van der Waals surface area contributed by atoms with Crippen molar-refractivity contribution in [1.29, 1.82) is 0 Å². The van der Waals surface area contributed by atoms with Gasteiger partial charge in [-0.2, -0.15) is 0 Å². The summed E-state index contributed by atoms with van der Waals surface area (Å²) in [6.45, 7) is 13.7. The fourth-order valence-electron chi connectivity index (χ4n) is 2.38. The highest BCUT2D eigenvalue weighted by Gasteiger charge is 2.43. The third-order valence-corrected chi connectivity index (χ3v) is 3.48. The van der Waals surface area contributed by atoms with E-state index in [9.17, 15) is 4.79 Å². The number of carbonyl (C=O) groups is 1. The van der Waals surface area contributed by atoms with Gasteiger partial charge in [-0.1, -0.05) is 20.8 Å². The predicted octanol–water partition coefficient (Wildman–Crippen LogP) is 2.68. The average Bonchev–Trinajstić information content (AvgIpc) is 2.23. The van der Waals surface area contributed by atoms with Crippen LogP contribution in [0, 0.1) is 11.3 Å². The fourth-order valence-corrected chi connectivity index (χ4v) is 2.38. The Bertz CT molecular complexity index is 237. The zero-order chi connectivity index (χ0) is 11.1. The van der Waals surface area contributed by atoms with Gasteiger partial charge in [0.1, 0.15) is 0 Å². The molecular formula is C12H23NO. The number of carbonyl (C=O) groups excluding carboxylic acids is 1. The third-order valence-electron chi connectivity index (χ3n) is 3.48. The summed E-state index contributed by atoms with van der Waals surface area (Å²) in [5.41, 5.74) is 0.352. The van der Waals surface area contributed by atoms with Crippen molar-refractivity contribution < 1.29 is 4.79 Å². The monoisotopic (exact) mass is 197 g/mol. The summed E-state index contributed by atoms with van der Waals surface area (Å²) in [4.78, 5) is 13.5. The molecule has 0 aromatic carbocycles. The Morgan fingerprint density at radius 2 is 1.86 bits per heavy atom. The van der Waals surface area contributed by atoms with Gasteiger partial charge in [0, 0.05) is 19.0 Å². The van der Waals surface area contributed by atoms with Crippen LogP contribution < -0.4 is 0 Å². The van der Waals surface area contributed by atoms with Crippen molar-refractivity contribution >= 4 is 5.91 Å². The van der Waals surface area contributed by atoms with E-state index in [0.29, 0.717) is 11.3 Å². The number of amides is 1. The molecule has 1 atom stereocenters. The van der Waals surface area contributed by atoms with Gasteiger partial charge in [0.15, 0.2) is 0 Å². The number of hydrogen-bond donors (Lipinski definition) is 0. The van der Waals surface area contributed by atoms with Crippen LogP contribution in [0.15, 0.2) is 0 Å². The van der Waals surface area contributed by atoms with Crippen LogP contribution in [0.3, 0.4) is 0 Å². The topological polar surface area (TPSA) is 20.3 Å². The first-order chi connectivity index (χ1) is 6.14. The predicted molar refractivity (Wildman–Crippen MR) is 59.0 cm³/mol. The van der Waals surface area contributed by atoms with Crippen molar-refractivity contribution in [3.8, 4) is 0 Å². The molecule has 1 aliphatic heterocycles. The van der Waals surface area contributed by atoms with E-state index < -0.39 is 0 Å². The zero-order valence-electron chi connectivity index (χ0n) is 10.3. The molecule has 14 heavy (non-hydrogen) atoms. The molecule has 0 aromatic rings. The average molecular weight is 197 g/mol. The minimum Gasteiger partial charge on any atom is -0.338 e. The second-order valence-electron chi connectivity index (χ2n) is 6.21. The largest absolute Gasteiger partial charge is 0.338 e. The Balaban J connectivity index is 2.82. The number of hydrogen-bond acceptors (Lipinski definition) is 1. The Hall–Kier alpha value is -0.530. The molecule has 1 heterocycles. The molecule has 1 saturated heterocycles. The highest BCUT2D eigenvalue weighted by Crippen LogP contribution is 2.41. The molecule has 2 nitrogen and oxygen atoms in total. The van der Waals surface area contributed by atoms with Crippen LogP contribution in [0.1, 0.15) is 48.0 Å².